The van der Waals surface area contributed by atoms with Crippen LogP contribution in [0, 0.1) is 5.82 Å². The van der Waals surface area contributed by atoms with Crippen molar-refractivity contribution >= 4 is 26.7 Å². The molecule has 4 heteroatoms. The summed E-state index contributed by atoms with van der Waals surface area (Å²) in [5, 5.41) is 4.35. The highest BCUT2D eigenvalue weighted by atomic mass is 32.1. The zero-order chi connectivity index (χ0) is 11.2. The molecule has 1 fully saturated rings. The zero-order valence-electron chi connectivity index (χ0n) is 9.09. The Kier molecular flexibility index (Phi) is 2.14. The monoisotopic (exact) mass is 236 g/mol. The second kappa shape index (κ2) is 3.42. The van der Waals surface area contributed by atoms with Crippen LogP contribution in [0.4, 0.5) is 9.52 Å². The van der Waals surface area contributed by atoms with E-state index in [1.54, 1.807) is 12.1 Å². The number of nitrogens with zero attached hydrogens (tertiary/aromatic N) is 1. The van der Waals surface area contributed by atoms with Crippen molar-refractivity contribution in [3.8, 4) is 0 Å². The minimum absolute atomic E-state index is 0.197. The van der Waals surface area contributed by atoms with E-state index in [1.165, 1.54) is 36.7 Å². The number of benzene rings is 1. The third kappa shape index (κ3) is 1.67. The topological polar surface area (TPSA) is 24.9 Å². The first kappa shape index (κ1) is 10.0. The highest BCUT2D eigenvalue weighted by Crippen LogP contribution is 2.37. The van der Waals surface area contributed by atoms with Gasteiger partial charge in [-0.1, -0.05) is 11.3 Å². The van der Waals surface area contributed by atoms with E-state index in [-0.39, 0.29) is 11.4 Å². The first-order chi connectivity index (χ1) is 7.65. The molecule has 0 amide bonds. The van der Waals surface area contributed by atoms with Crippen LogP contribution < -0.4 is 5.32 Å². The molecule has 2 nitrogen and oxygen atoms in total. The van der Waals surface area contributed by atoms with E-state index >= 15 is 0 Å². The third-order valence-electron chi connectivity index (χ3n) is 3.22. The second-order valence-electron chi connectivity index (χ2n) is 4.67. The summed E-state index contributed by atoms with van der Waals surface area (Å²) in [6, 6.07) is 4.73. The van der Waals surface area contributed by atoms with Gasteiger partial charge in [-0.3, -0.25) is 0 Å². The average Bonchev–Trinajstić information content (AvgIpc) is 2.56. The van der Waals surface area contributed by atoms with Crippen molar-refractivity contribution in [2.24, 2.45) is 0 Å². The van der Waals surface area contributed by atoms with Crippen LogP contribution in [0.15, 0.2) is 18.2 Å². The molecule has 0 radical (unpaired) electrons. The van der Waals surface area contributed by atoms with Gasteiger partial charge in [-0.2, -0.15) is 0 Å². The molecule has 0 saturated heterocycles. The van der Waals surface area contributed by atoms with Crippen molar-refractivity contribution in [3.05, 3.63) is 24.0 Å². The number of hydrogen-bond donors (Lipinski definition) is 1. The standard InChI is InChI=1S/C12H13FN2S/c1-12(5-2-6-12)15-11-14-9-4-3-8(13)7-10(9)16-11/h3-4,7H,2,5-6H2,1H3,(H,14,15). The number of aromatic nitrogens is 1. The molecule has 0 spiro atoms. The molecule has 2 aromatic rings. The summed E-state index contributed by atoms with van der Waals surface area (Å²) in [5.74, 6) is -0.197. The van der Waals surface area contributed by atoms with E-state index < -0.39 is 0 Å². The van der Waals surface area contributed by atoms with Gasteiger partial charge in [0.15, 0.2) is 5.13 Å². The predicted molar refractivity (Wildman–Crippen MR) is 65.5 cm³/mol. The lowest BCUT2D eigenvalue weighted by molar-refractivity contribution is 0.306. The van der Waals surface area contributed by atoms with Gasteiger partial charge in [-0.05, 0) is 44.4 Å². The minimum atomic E-state index is -0.197. The Morgan fingerprint density at radius 3 is 2.94 bits per heavy atom. The molecule has 16 heavy (non-hydrogen) atoms. The lowest BCUT2D eigenvalue weighted by atomic mass is 9.79. The van der Waals surface area contributed by atoms with Crippen LogP contribution in [-0.4, -0.2) is 10.5 Å². The summed E-state index contributed by atoms with van der Waals surface area (Å²) in [6.07, 6.45) is 3.66. The molecule has 3 rings (SSSR count). The van der Waals surface area contributed by atoms with Gasteiger partial charge in [0.25, 0.3) is 0 Å². The number of fused-ring (bicyclic) bond motifs is 1. The van der Waals surface area contributed by atoms with E-state index in [2.05, 4.69) is 17.2 Å². The number of halogens is 1. The molecule has 1 aromatic heterocycles. The van der Waals surface area contributed by atoms with Crippen LogP contribution in [-0.2, 0) is 0 Å². The summed E-state index contributed by atoms with van der Waals surface area (Å²) < 4.78 is 13.9. The van der Waals surface area contributed by atoms with Gasteiger partial charge in [0.2, 0.25) is 0 Å². The molecule has 84 valence electrons. The van der Waals surface area contributed by atoms with E-state index in [1.807, 2.05) is 0 Å². The molecule has 1 N–H and O–H groups in total. The highest BCUT2D eigenvalue weighted by molar-refractivity contribution is 7.22. The fourth-order valence-electron chi connectivity index (χ4n) is 2.04. The maximum Gasteiger partial charge on any atom is 0.184 e. The molecule has 0 bridgehead atoms. The molecule has 1 saturated carbocycles. The Hall–Kier alpha value is -1.16. The molecule has 1 aromatic carbocycles. The first-order valence-corrected chi connectivity index (χ1v) is 6.31. The number of hydrogen-bond acceptors (Lipinski definition) is 3. The van der Waals surface area contributed by atoms with E-state index in [0.717, 1.165) is 15.3 Å². The average molecular weight is 236 g/mol. The molecule has 0 unspecified atom stereocenters. The van der Waals surface area contributed by atoms with Crippen molar-refractivity contribution in [2.45, 2.75) is 31.7 Å². The minimum Gasteiger partial charge on any atom is -0.356 e. The summed E-state index contributed by atoms with van der Waals surface area (Å²) in [4.78, 5) is 4.46. The number of rotatable bonds is 2. The quantitative estimate of drug-likeness (QED) is 0.858. The predicted octanol–water partition coefficient (Wildman–Crippen LogP) is 3.79. The molecule has 0 aliphatic heterocycles. The van der Waals surface area contributed by atoms with Crippen molar-refractivity contribution < 1.29 is 4.39 Å². The van der Waals surface area contributed by atoms with Gasteiger partial charge in [-0.25, -0.2) is 9.37 Å². The normalized spacial score (nSPS) is 18.4. The largest absolute Gasteiger partial charge is 0.356 e. The van der Waals surface area contributed by atoms with Crippen LogP contribution in [0.25, 0.3) is 10.2 Å². The van der Waals surface area contributed by atoms with Crippen LogP contribution in [0.3, 0.4) is 0 Å². The Morgan fingerprint density at radius 2 is 2.25 bits per heavy atom. The molecule has 1 heterocycles. The molecule has 0 atom stereocenters. The lowest BCUT2D eigenvalue weighted by Gasteiger charge is -2.39. The number of anilines is 1. The van der Waals surface area contributed by atoms with E-state index in [0.29, 0.717) is 0 Å². The molecule has 1 aliphatic carbocycles. The Balaban J connectivity index is 1.93. The molecular formula is C12H13FN2S. The Labute approximate surface area is 97.5 Å². The lowest BCUT2D eigenvalue weighted by Crippen LogP contribution is -2.41. The fourth-order valence-corrected chi connectivity index (χ4v) is 3.08. The summed E-state index contributed by atoms with van der Waals surface area (Å²) in [7, 11) is 0. The van der Waals surface area contributed by atoms with Gasteiger partial charge in [0.05, 0.1) is 10.2 Å². The summed E-state index contributed by atoms with van der Waals surface area (Å²) in [6.45, 7) is 2.21. The van der Waals surface area contributed by atoms with E-state index in [9.17, 15) is 4.39 Å². The van der Waals surface area contributed by atoms with Crippen LogP contribution in [0.5, 0.6) is 0 Å². The summed E-state index contributed by atoms with van der Waals surface area (Å²) >= 11 is 1.53. The molecule has 1 aliphatic rings. The second-order valence-corrected chi connectivity index (χ2v) is 5.70. The third-order valence-corrected chi connectivity index (χ3v) is 4.15. The molecular weight excluding hydrogens is 223 g/mol. The Bertz CT molecular complexity index is 531. The van der Waals surface area contributed by atoms with Gasteiger partial charge in [0, 0.05) is 5.54 Å². The van der Waals surface area contributed by atoms with Gasteiger partial charge in [0.1, 0.15) is 5.82 Å². The van der Waals surface area contributed by atoms with Crippen LogP contribution in [0.2, 0.25) is 0 Å². The number of nitrogens with one attached hydrogen (secondary N) is 1. The highest BCUT2D eigenvalue weighted by Gasteiger charge is 2.32. The van der Waals surface area contributed by atoms with Crippen LogP contribution >= 0.6 is 11.3 Å². The van der Waals surface area contributed by atoms with E-state index in [4.69, 9.17) is 0 Å². The van der Waals surface area contributed by atoms with Gasteiger partial charge < -0.3 is 5.32 Å². The number of thiazole rings is 1. The fraction of sp³-hybridized carbons (Fsp3) is 0.417. The van der Waals surface area contributed by atoms with Gasteiger partial charge in [-0.15, -0.1) is 0 Å². The summed E-state index contributed by atoms with van der Waals surface area (Å²) in [5.41, 5.74) is 1.07. The van der Waals surface area contributed by atoms with Crippen molar-refractivity contribution in [1.82, 2.24) is 4.98 Å². The zero-order valence-corrected chi connectivity index (χ0v) is 9.90. The van der Waals surface area contributed by atoms with Crippen molar-refractivity contribution in [3.63, 3.8) is 0 Å². The van der Waals surface area contributed by atoms with Gasteiger partial charge >= 0.3 is 0 Å². The maximum absolute atomic E-state index is 13.0. The maximum atomic E-state index is 13.0. The van der Waals surface area contributed by atoms with Crippen LogP contribution in [0.1, 0.15) is 26.2 Å². The van der Waals surface area contributed by atoms with Crippen molar-refractivity contribution in [1.29, 1.82) is 0 Å². The Morgan fingerprint density at radius 1 is 1.44 bits per heavy atom. The first-order valence-electron chi connectivity index (χ1n) is 5.49. The van der Waals surface area contributed by atoms with Crippen molar-refractivity contribution in [2.75, 3.05) is 5.32 Å². The smallest absolute Gasteiger partial charge is 0.184 e. The SMILES string of the molecule is CC1(Nc2nc3ccc(F)cc3s2)CCC1.